The number of furan rings is 1. The highest BCUT2D eigenvalue weighted by Crippen LogP contribution is 2.31. The van der Waals surface area contributed by atoms with E-state index in [2.05, 4.69) is 55.2 Å². The Morgan fingerprint density at radius 3 is 2.54 bits per heavy atom. The summed E-state index contributed by atoms with van der Waals surface area (Å²) in [5.41, 5.74) is 1.73. The van der Waals surface area contributed by atoms with E-state index in [0.717, 1.165) is 23.2 Å². The van der Waals surface area contributed by atoms with Gasteiger partial charge in [0.05, 0.1) is 20.8 Å². The Hall–Kier alpha value is -2.58. The smallest absolute Gasteiger partial charge is 0.373 e. The van der Waals surface area contributed by atoms with Crippen LogP contribution in [0, 0.1) is 7.14 Å². The Morgan fingerprint density at radius 1 is 1.14 bits per heavy atom. The summed E-state index contributed by atoms with van der Waals surface area (Å²) in [5, 5.41) is 3.22. The number of rotatable bonds is 7. The van der Waals surface area contributed by atoms with E-state index in [9.17, 15) is 14.4 Å². The molecule has 8 nitrogen and oxygen atoms in total. The first-order chi connectivity index (χ1) is 16.8. The van der Waals surface area contributed by atoms with Crippen LogP contribution < -0.4 is 10.1 Å². The topological polar surface area (TPSA) is 98.1 Å². The molecule has 1 aromatic heterocycles. The first-order valence-electron chi connectivity index (χ1n) is 10.1. The first-order valence-corrected chi connectivity index (χ1v) is 12.7. The van der Waals surface area contributed by atoms with Crippen LogP contribution in [-0.2, 0) is 22.7 Å². The SMILES string of the molecule is COC(=O)c1ccc(CN2C(=O)N/C(=C\c3cc(I)c(OCc4ccccc4Cl)c(I)c3)C2=O)o1. The number of methoxy groups -OCH3 is 1. The van der Waals surface area contributed by atoms with Gasteiger partial charge in [-0.1, -0.05) is 29.8 Å². The Bertz CT molecular complexity index is 1330. The van der Waals surface area contributed by atoms with Crippen LogP contribution in [0.25, 0.3) is 6.08 Å². The van der Waals surface area contributed by atoms with Crippen molar-refractivity contribution in [3.8, 4) is 5.75 Å². The molecule has 3 amide bonds. The third-order valence-corrected chi connectivity index (χ3v) is 6.96. The summed E-state index contributed by atoms with van der Waals surface area (Å²) in [4.78, 5) is 37.8. The second-order valence-corrected chi connectivity index (χ2v) is 10.1. The van der Waals surface area contributed by atoms with Gasteiger partial charge in [0.2, 0.25) is 5.76 Å². The molecule has 0 saturated carbocycles. The zero-order valence-corrected chi connectivity index (χ0v) is 23.2. The highest BCUT2D eigenvalue weighted by molar-refractivity contribution is 14.1. The number of carbonyl (C=O) groups is 3. The lowest BCUT2D eigenvalue weighted by molar-refractivity contribution is -0.123. The van der Waals surface area contributed by atoms with Crippen molar-refractivity contribution in [2.45, 2.75) is 13.2 Å². The fourth-order valence-electron chi connectivity index (χ4n) is 3.28. The molecule has 0 radical (unpaired) electrons. The summed E-state index contributed by atoms with van der Waals surface area (Å²) in [7, 11) is 1.24. The zero-order valence-electron chi connectivity index (χ0n) is 18.1. The number of halogens is 3. The maximum atomic E-state index is 12.8. The van der Waals surface area contributed by atoms with Crippen LogP contribution in [-0.4, -0.2) is 29.9 Å². The second kappa shape index (κ2) is 11.0. The molecule has 1 fully saturated rings. The van der Waals surface area contributed by atoms with Crippen LogP contribution in [0.5, 0.6) is 5.75 Å². The van der Waals surface area contributed by atoms with E-state index in [4.69, 9.17) is 20.8 Å². The number of amides is 3. The van der Waals surface area contributed by atoms with Crippen LogP contribution in [0.2, 0.25) is 5.02 Å². The van der Waals surface area contributed by atoms with Crippen LogP contribution in [0.3, 0.4) is 0 Å². The average molecular weight is 719 g/mol. The van der Waals surface area contributed by atoms with Gasteiger partial charge >= 0.3 is 12.0 Å². The van der Waals surface area contributed by atoms with E-state index >= 15 is 0 Å². The highest BCUT2D eigenvalue weighted by atomic mass is 127. The number of hydrogen-bond acceptors (Lipinski definition) is 6. The maximum absolute atomic E-state index is 12.8. The van der Waals surface area contributed by atoms with Gasteiger partial charge in [0, 0.05) is 10.6 Å². The minimum Gasteiger partial charge on any atom is -0.487 e. The second-order valence-electron chi connectivity index (χ2n) is 7.33. The lowest BCUT2D eigenvalue weighted by atomic mass is 10.2. The molecule has 180 valence electrons. The molecule has 1 aliphatic heterocycles. The maximum Gasteiger partial charge on any atom is 0.373 e. The summed E-state index contributed by atoms with van der Waals surface area (Å²) in [6.07, 6.45) is 1.60. The summed E-state index contributed by atoms with van der Waals surface area (Å²) in [5.74, 6) is -0.172. The van der Waals surface area contributed by atoms with Gasteiger partial charge in [-0.25, -0.2) is 9.59 Å². The van der Waals surface area contributed by atoms with E-state index in [1.807, 2.05) is 36.4 Å². The van der Waals surface area contributed by atoms with Crippen molar-refractivity contribution in [1.82, 2.24) is 10.2 Å². The molecule has 0 aliphatic carbocycles. The van der Waals surface area contributed by atoms with Crippen molar-refractivity contribution in [1.29, 1.82) is 0 Å². The summed E-state index contributed by atoms with van der Waals surface area (Å²) in [6, 6.07) is 13.5. The Balaban J connectivity index is 1.48. The predicted molar refractivity (Wildman–Crippen MR) is 145 cm³/mol. The van der Waals surface area contributed by atoms with Gasteiger partial charge in [-0.05, 0) is 87.2 Å². The van der Waals surface area contributed by atoms with Crippen molar-refractivity contribution in [3.05, 3.63) is 89.0 Å². The van der Waals surface area contributed by atoms with Crippen molar-refractivity contribution < 1.29 is 28.3 Å². The molecule has 1 N–H and O–H groups in total. The van der Waals surface area contributed by atoms with Gasteiger partial charge in [0.1, 0.15) is 23.8 Å². The van der Waals surface area contributed by atoms with Gasteiger partial charge in [0.15, 0.2) is 0 Å². The standard InChI is InChI=1S/C24H17ClI2N2O6/c1-33-23(31)20-7-6-15(35-20)11-29-22(30)19(28-24(29)32)10-13-8-17(26)21(18(27)9-13)34-12-14-4-2-3-5-16(14)25/h2-10H,11-12H2,1H3,(H,28,32)/b19-10-. The van der Waals surface area contributed by atoms with Gasteiger partial charge in [-0.3, -0.25) is 9.69 Å². The molecule has 1 aliphatic rings. The van der Waals surface area contributed by atoms with Crippen molar-refractivity contribution in [2.24, 2.45) is 0 Å². The van der Waals surface area contributed by atoms with Crippen LogP contribution >= 0.6 is 56.8 Å². The number of nitrogens with one attached hydrogen (secondary N) is 1. The van der Waals surface area contributed by atoms with E-state index in [1.165, 1.54) is 19.2 Å². The van der Waals surface area contributed by atoms with Crippen LogP contribution in [0.1, 0.15) is 27.4 Å². The fourth-order valence-corrected chi connectivity index (χ4v) is 5.59. The van der Waals surface area contributed by atoms with Gasteiger partial charge in [-0.15, -0.1) is 0 Å². The van der Waals surface area contributed by atoms with E-state index < -0.39 is 17.9 Å². The first kappa shape index (κ1) is 25.5. The number of hydrogen-bond donors (Lipinski definition) is 1. The minimum atomic E-state index is -0.641. The minimum absolute atomic E-state index is 0.00804. The van der Waals surface area contributed by atoms with E-state index in [1.54, 1.807) is 6.08 Å². The molecule has 2 aromatic carbocycles. The zero-order chi connectivity index (χ0) is 25.1. The number of nitrogens with zero attached hydrogens (tertiary/aromatic N) is 1. The summed E-state index contributed by atoms with van der Waals surface area (Å²) >= 11 is 10.5. The third kappa shape index (κ3) is 5.81. The van der Waals surface area contributed by atoms with Crippen molar-refractivity contribution >= 4 is 80.8 Å². The molecule has 0 atom stereocenters. The van der Waals surface area contributed by atoms with Gasteiger partial charge < -0.3 is 19.2 Å². The van der Waals surface area contributed by atoms with E-state index in [0.29, 0.717) is 17.4 Å². The number of benzene rings is 2. The fraction of sp³-hybridized carbons (Fsp3) is 0.125. The Kier molecular flexibility index (Phi) is 8.02. The number of urea groups is 1. The molecule has 0 unspecified atom stereocenters. The van der Waals surface area contributed by atoms with Gasteiger partial charge in [-0.2, -0.15) is 0 Å². The molecule has 11 heteroatoms. The molecular weight excluding hydrogens is 702 g/mol. The Labute approximate surface area is 232 Å². The quantitative estimate of drug-likeness (QED) is 0.148. The molecular formula is C24H17ClI2N2O6. The van der Waals surface area contributed by atoms with Gasteiger partial charge in [0.25, 0.3) is 5.91 Å². The summed E-state index contributed by atoms with van der Waals surface area (Å²) in [6.45, 7) is 0.197. The number of esters is 1. The van der Waals surface area contributed by atoms with Crippen molar-refractivity contribution in [3.63, 3.8) is 0 Å². The molecule has 0 spiro atoms. The largest absolute Gasteiger partial charge is 0.487 e. The lowest BCUT2D eigenvalue weighted by Crippen LogP contribution is -2.30. The monoisotopic (exact) mass is 718 g/mol. The lowest BCUT2D eigenvalue weighted by Gasteiger charge is -2.12. The predicted octanol–water partition coefficient (Wildman–Crippen LogP) is 5.60. The van der Waals surface area contributed by atoms with E-state index in [-0.39, 0.29) is 23.8 Å². The van der Waals surface area contributed by atoms with Crippen LogP contribution in [0.15, 0.2) is 58.6 Å². The molecule has 3 aromatic rings. The molecule has 4 rings (SSSR count). The third-order valence-electron chi connectivity index (χ3n) is 4.99. The normalized spacial score (nSPS) is 14.4. The molecule has 2 heterocycles. The Morgan fingerprint density at radius 2 is 1.86 bits per heavy atom. The van der Waals surface area contributed by atoms with Crippen LogP contribution in [0.4, 0.5) is 4.79 Å². The number of ether oxygens (including phenoxy) is 2. The molecule has 0 bridgehead atoms. The molecule has 35 heavy (non-hydrogen) atoms. The number of carbonyl (C=O) groups excluding carboxylic acids is 3. The average Bonchev–Trinajstić information content (AvgIpc) is 3.39. The highest BCUT2D eigenvalue weighted by Gasteiger charge is 2.34. The molecule has 1 saturated heterocycles. The summed E-state index contributed by atoms with van der Waals surface area (Å²) < 4.78 is 17.6. The van der Waals surface area contributed by atoms with Crippen molar-refractivity contribution in [2.75, 3.05) is 7.11 Å². The number of imide groups is 1.